The first-order chi connectivity index (χ1) is 9.61. The topological polar surface area (TPSA) is 102 Å². The van der Waals surface area contributed by atoms with Crippen molar-refractivity contribution in [1.29, 1.82) is 0 Å². The van der Waals surface area contributed by atoms with E-state index >= 15 is 0 Å². The van der Waals surface area contributed by atoms with E-state index in [1.165, 1.54) is 18.2 Å². The molecule has 1 heterocycles. The van der Waals surface area contributed by atoms with Gasteiger partial charge in [0.2, 0.25) is 0 Å². The number of aliphatic hydroxyl groups is 1. The van der Waals surface area contributed by atoms with Gasteiger partial charge in [-0.2, -0.15) is 0 Å². The number of hydrogen-bond donors (Lipinski definition) is 2. The first-order valence-electron chi connectivity index (χ1n) is 6.44. The van der Waals surface area contributed by atoms with E-state index in [1.807, 2.05) is 0 Å². The summed E-state index contributed by atoms with van der Waals surface area (Å²) >= 11 is 0. The quantitative estimate of drug-likeness (QED) is 0.636. The second kappa shape index (κ2) is 6.33. The summed E-state index contributed by atoms with van der Waals surface area (Å²) in [5.41, 5.74) is 0.183. The summed E-state index contributed by atoms with van der Waals surface area (Å²) in [6, 6.07) is 3.97. The molecule has 1 fully saturated rings. The van der Waals surface area contributed by atoms with Crippen LogP contribution in [0.1, 0.15) is 24.8 Å². The fourth-order valence-corrected chi connectivity index (χ4v) is 2.09. The molecule has 0 spiro atoms. The molecule has 1 aliphatic heterocycles. The lowest BCUT2D eigenvalue weighted by atomic mass is 10.1. The smallest absolute Gasteiger partial charge is 0.270 e. The summed E-state index contributed by atoms with van der Waals surface area (Å²) in [4.78, 5) is 21.9. The van der Waals surface area contributed by atoms with Crippen LogP contribution in [0.2, 0.25) is 0 Å². The first-order valence-corrected chi connectivity index (χ1v) is 6.44. The standard InChI is InChI=1S/C13H16N2O5/c16-8-9-7-10(15(18)19)4-5-11(9)20-12-3-1-2-6-14-13(12)17/h4-5,7,12,16H,1-3,6,8H2,(H,14,17). The molecule has 20 heavy (non-hydrogen) atoms. The Hall–Kier alpha value is -2.15. The van der Waals surface area contributed by atoms with Crippen LogP contribution >= 0.6 is 0 Å². The molecule has 1 aromatic rings. The molecule has 1 saturated heterocycles. The second-order valence-corrected chi connectivity index (χ2v) is 4.60. The van der Waals surface area contributed by atoms with Crippen molar-refractivity contribution in [2.75, 3.05) is 6.54 Å². The molecular weight excluding hydrogens is 264 g/mol. The van der Waals surface area contributed by atoms with Crippen molar-refractivity contribution in [3.05, 3.63) is 33.9 Å². The molecule has 0 aromatic heterocycles. The van der Waals surface area contributed by atoms with E-state index in [0.29, 0.717) is 24.3 Å². The van der Waals surface area contributed by atoms with E-state index in [-0.39, 0.29) is 18.2 Å². The number of non-ortho nitro benzene ring substituents is 1. The van der Waals surface area contributed by atoms with Gasteiger partial charge in [0.25, 0.3) is 11.6 Å². The van der Waals surface area contributed by atoms with Crippen LogP contribution in [0.4, 0.5) is 5.69 Å². The predicted molar refractivity (Wildman–Crippen MR) is 70.3 cm³/mol. The summed E-state index contributed by atoms with van der Waals surface area (Å²) in [5, 5.41) is 22.7. The van der Waals surface area contributed by atoms with Gasteiger partial charge in [0.15, 0.2) is 6.10 Å². The summed E-state index contributed by atoms with van der Waals surface area (Å²) in [7, 11) is 0. The number of benzene rings is 1. The van der Waals surface area contributed by atoms with E-state index < -0.39 is 11.0 Å². The van der Waals surface area contributed by atoms with E-state index in [2.05, 4.69) is 5.32 Å². The zero-order valence-corrected chi connectivity index (χ0v) is 10.9. The fourth-order valence-electron chi connectivity index (χ4n) is 2.09. The molecule has 1 aromatic carbocycles. The Kier molecular flexibility index (Phi) is 4.52. The summed E-state index contributed by atoms with van der Waals surface area (Å²) < 4.78 is 5.61. The van der Waals surface area contributed by atoms with E-state index in [9.17, 15) is 20.0 Å². The van der Waals surface area contributed by atoms with Gasteiger partial charge in [0.1, 0.15) is 5.75 Å². The summed E-state index contributed by atoms with van der Waals surface area (Å²) in [6.07, 6.45) is 1.74. The van der Waals surface area contributed by atoms with Gasteiger partial charge in [-0.05, 0) is 25.3 Å². The predicted octanol–water partition coefficient (Wildman–Crippen LogP) is 1.13. The molecule has 2 N–H and O–H groups in total. The summed E-state index contributed by atoms with van der Waals surface area (Å²) in [5.74, 6) is 0.116. The monoisotopic (exact) mass is 280 g/mol. The lowest BCUT2D eigenvalue weighted by Gasteiger charge is -2.17. The zero-order valence-electron chi connectivity index (χ0n) is 10.9. The fraction of sp³-hybridized carbons (Fsp3) is 0.462. The van der Waals surface area contributed by atoms with Gasteiger partial charge in [0, 0.05) is 24.2 Å². The number of ether oxygens (including phenoxy) is 1. The number of amides is 1. The molecule has 108 valence electrons. The van der Waals surface area contributed by atoms with Crippen LogP contribution < -0.4 is 10.1 Å². The number of nitrogens with one attached hydrogen (secondary N) is 1. The molecular formula is C13H16N2O5. The SMILES string of the molecule is O=C1NCCCCC1Oc1ccc([N+](=O)[O-])cc1CO. The number of carbonyl (C=O) groups is 1. The molecule has 7 nitrogen and oxygen atoms in total. The molecule has 1 aliphatic rings. The van der Waals surface area contributed by atoms with E-state index in [4.69, 9.17) is 4.74 Å². The zero-order chi connectivity index (χ0) is 14.5. The lowest BCUT2D eigenvalue weighted by molar-refractivity contribution is -0.385. The minimum Gasteiger partial charge on any atom is -0.480 e. The molecule has 1 unspecified atom stereocenters. The first kappa shape index (κ1) is 14.3. The number of rotatable bonds is 4. The molecule has 2 rings (SSSR count). The highest BCUT2D eigenvalue weighted by Gasteiger charge is 2.23. The maximum Gasteiger partial charge on any atom is 0.270 e. The van der Waals surface area contributed by atoms with Crippen molar-refractivity contribution in [3.63, 3.8) is 0 Å². The van der Waals surface area contributed by atoms with E-state index in [0.717, 1.165) is 12.8 Å². The summed E-state index contributed by atoms with van der Waals surface area (Å²) in [6.45, 7) is 0.247. The minimum atomic E-state index is -0.621. The second-order valence-electron chi connectivity index (χ2n) is 4.60. The van der Waals surface area contributed by atoms with Gasteiger partial charge in [-0.3, -0.25) is 14.9 Å². The highest BCUT2D eigenvalue weighted by molar-refractivity contribution is 5.81. The highest BCUT2D eigenvalue weighted by Crippen LogP contribution is 2.26. The molecule has 0 saturated carbocycles. The number of nitrogens with zero attached hydrogens (tertiary/aromatic N) is 1. The Balaban J connectivity index is 2.19. The lowest BCUT2D eigenvalue weighted by Crippen LogP contribution is -2.36. The average molecular weight is 280 g/mol. The minimum absolute atomic E-state index is 0.119. The van der Waals surface area contributed by atoms with Crippen molar-refractivity contribution in [1.82, 2.24) is 5.32 Å². The van der Waals surface area contributed by atoms with Gasteiger partial charge in [0.05, 0.1) is 11.5 Å². The Labute approximate surface area is 115 Å². The molecule has 7 heteroatoms. The third-order valence-electron chi connectivity index (χ3n) is 3.18. The van der Waals surface area contributed by atoms with Gasteiger partial charge >= 0.3 is 0 Å². The maximum atomic E-state index is 11.8. The van der Waals surface area contributed by atoms with Crippen LogP contribution in [0, 0.1) is 10.1 Å². The molecule has 0 bridgehead atoms. The molecule has 0 radical (unpaired) electrons. The number of nitro benzene ring substituents is 1. The van der Waals surface area contributed by atoms with Crippen LogP contribution in [0.3, 0.4) is 0 Å². The van der Waals surface area contributed by atoms with Crippen LogP contribution in [-0.4, -0.2) is 28.6 Å². The number of hydrogen-bond acceptors (Lipinski definition) is 5. The third kappa shape index (κ3) is 3.24. The molecule has 0 aliphatic carbocycles. The Morgan fingerprint density at radius 3 is 2.95 bits per heavy atom. The van der Waals surface area contributed by atoms with Crippen molar-refractivity contribution < 1.29 is 19.6 Å². The third-order valence-corrected chi connectivity index (χ3v) is 3.18. The number of nitro groups is 1. The number of carbonyl (C=O) groups excluding carboxylic acids is 1. The Morgan fingerprint density at radius 1 is 1.45 bits per heavy atom. The average Bonchev–Trinajstić information content (AvgIpc) is 2.64. The van der Waals surface area contributed by atoms with Gasteiger partial charge in [-0.1, -0.05) is 0 Å². The van der Waals surface area contributed by atoms with Crippen LogP contribution in [0.5, 0.6) is 5.75 Å². The van der Waals surface area contributed by atoms with Crippen LogP contribution in [-0.2, 0) is 11.4 Å². The van der Waals surface area contributed by atoms with Crippen LogP contribution in [0.15, 0.2) is 18.2 Å². The normalized spacial score (nSPS) is 19.1. The maximum absolute atomic E-state index is 11.8. The highest BCUT2D eigenvalue weighted by atomic mass is 16.6. The van der Waals surface area contributed by atoms with Crippen molar-refractivity contribution >= 4 is 11.6 Å². The molecule has 1 amide bonds. The molecule has 1 atom stereocenters. The van der Waals surface area contributed by atoms with Gasteiger partial charge in [-0.25, -0.2) is 0 Å². The van der Waals surface area contributed by atoms with Crippen molar-refractivity contribution in [2.45, 2.75) is 32.0 Å². The van der Waals surface area contributed by atoms with Gasteiger partial charge in [-0.15, -0.1) is 0 Å². The van der Waals surface area contributed by atoms with Crippen molar-refractivity contribution in [2.24, 2.45) is 0 Å². The van der Waals surface area contributed by atoms with E-state index in [1.54, 1.807) is 0 Å². The Bertz CT molecular complexity index is 517. The number of aliphatic hydroxyl groups excluding tert-OH is 1. The van der Waals surface area contributed by atoms with Gasteiger partial charge < -0.3 is 15.2 Å². The largest absolute Gasteiger partial charge is 0.480 e. The Morgan fingerprint density at radius 2 is 2.25 bits per heavy atom. The van der Waals surface area contributed by atoms with Crippen LogP contribution in [0.25, 0.3) is 0 Å². The van der Waals surface area contributed by atoms with Crippen molar-refractivity contribution in [3.8, 4) is 5.75 Å².